The van der Waals surface area contributed by atoms with Crippen LogP contribution in [0.4, 0.5) is 20.9 Å². The summed E-state index contributed by atoms with van der Waals surface area (Å²) in [7, 11) is 0. The van der Waals surface area contributed by atoms with Crippen LogP contribution in [0.25, 0.3) is 0 Å². The number of nitrogens with zero attached hydrogens (tertiary/aromatic N) is 2. The first-order chi connectivity index (χ1) is 12.9. The van der Waals surface area contributed by atoms with Crippen LogP contribution in [0.2, 0.25) is 10.0 Å². The maximum Gasteiger partial charge on any atom is 0.237 e. The monoisotopic (exact) mass is 442 g/mol. The van der Waals surface area contributed by atoms with Crippen LogP contribution in [0.5, 0.6) is 0 Å². The van der Waals surface area contributed by atoms with E-state index in [-0.39, 0.29) is 16.7 Å². The fraction of sp³-hybridized carbons (Fsp3) is 0.118. The fourth-order valence-electron chi connectivity index (χ4n) is 2.03. The fourth-order valence-corrected chi connectivity index (χ4v) is 4.28. The highest BCUT2D eigenvalue weighted by molar-refractivity contribution is 8.02. The summed E-state index contributed by atoms with van der Waals surface area (Å²) < 4.78 is 14.3. The van der Waals surface area contributed by atoms with E-state index in [2.05, 4.69) is 20.8 Å². The van der Waals surface area contributed by atoms with Crippen molar-refractivity contribution in [1.82, 2.24) is 10.2 Å². The molecule has 1 unspecified atom stereocenters. The van der Waals surface area contributed by atoms with Crippen LogP contribution in [0.1, 0.15) is 6.92 Å². The van der Waals surface area contributed by atoms with Gasteiger partial charge in [0.2, 0.25) is 11.0 Å². The van der Waals surface area contributed by atoms with Crippen molar-refractivity contribution < 1.29 is 9.18 Å². The molecule has 0 spiro atoms. The van der Waals surface area contributed by atoms with Crippen molar-refractivity contribution in [3.63, 3.8) is 0 Å². The summed E-state index contributed by atoms with van der Waals surface area (Å²) in [6, 6.07) is 11.3. The van der Waals surface area contributed by atoms with E-state index < -0.39 is 5.25 Å². The highest BCUT2D eigenvalue weighted by Crippen LogP contribution is 2.33. The van der Waals surface area contributed by atoms with E-state index in [9.17, 15) is 9.18 Å². The summed E-state index contributed by atoms with van der Waals surface area (Å²) in [5, 5.41) is 14.3. The Kier molecular flexibility index (Phi) is 6.54. The van der Waals surface area contributed by atoms with Gasteiger partial charge in [0.15, 0.2) is 4.34 Å². The van der Waals surface area contributed by atoms with Crippen LogP contribution < -0.4 is 10.6 Å². The normalized spacial score (nSPS) is 11.9. The first kappa shape index (κ1) is 19.9. The molecule has 0 aliphatic carbocycles. The zero-order valence-electron chi connectivity index (χ0n) is 13.9. The summed E-state index contributed by atoms with van der Waals surface area (Å²) in [4.78, 5) is 12.4. The van der Waals surface area contributed by atoms with Gasteiger partial charge in [-0.15, -0.1) is 10.2 Å². The third-order valence-corrected chi connectivity index (χ3v) is 6.22. The molecule has 140 valence electrons. The molecule has 1 aromatic heterocycles. The topological polar surface area (TPSA) is 66.9 Å². The van der Waals surface area contributed by atoms with Gasteiger partial charge >= 0.3 is 0 Å². The molecule has 0 radical (unpaired) electrons. The zero-order valence-corrected chi connectivity index (χ0v) is 17.0. The number of halogens is 3. The Morgan fingerprint density at radius 3 is 2.67 bits per heavy atom. The molecule has 2 aromatic carbocycles. The molecule has 0 aliphatic rings. The van der Waals surface area contributed by atoms with Crippen molar-refractivity contribution in [1.29, 1.82) is 0 Å². The van der Waals surface area contributed by atoms with E-state index in [1.54, 1.807) is 43.3 Å². The van der Waals surface area contributed by atoms with Gasteiger partial charge in [-0.3, -0.25) is 4.79 Å². The second-order valence-electron chi connectivity index (χ2n) is 5.33. The molecule has 0 bridgehead atoms. The number of hydrogen-bond acceptors (Lipinski definition) is 6. The SMILES string of the molecule is CC(Sc1nnc(Nc2ccccc2F)s1)C(=O)Nc1cccc(Cl)c1Cl. The van der Waals surface area contributed by atoms with Gasteiger partial charge in [-0.05, 0) is 31.2 Å². The molecule has 5 nitrogen and oxygen atoms in total. The summed E-state index contributed by atoms with van der Waals surface area (Å²) >= 11 is 14.5. The van der Waals surface area contributed by atoms with Crippen molar-refractivity contribution >= 4 is 68.7 Å². The standard InChI is InChI=1S/C17H13Cl2FN4OS2/c1-9(15(25)21-13-8-4-5-10(18)14(13)19)26-17-24-23-16(27-17)22-12-7-3-2-6-11(12)20/h2-9H,1H3,(H,21,25)(H,22,23). The molecule has 1 amide bonds. The van der Waals surface area contributed by atoms with E-state index in [0.29, 0.717) is 25.9 Å². The lowest BCUT2D eigenvalue weighted by molar-refractivity contribution is -0.115. The van der Waals surface area contributed by atoms with Crippen molar-refractivity contribution in [3.05, 3.63) is 58.3 Å². The maximum absolute atomic E-state index is 13.7. The predicted molar refractivity (Wildman–Crippen MR) is 110 cm³/mol. The lowest BCUT2D eigenvalue weighted by Gasteiger charge is -2.12. The van der Waals surface area contributed by atoms with Crippen molar-refractivity contribution in [2.45, 2.75) is 16.5 Å². The highest BCUT2D eigenvalue weighted by atomic mass is 35.5. The highest BCUT2D eigenvalue weighted by Gasteiger charge is 2.19. The molecule has 0 saturated carbocycles. The van der Waals surface area contributed by atoms with Crippen LogP contribution >= 0.6 is 46.3 Å². The first-order valence-electron chi connectivity index (χ1n) is 7.70. The maximum atomic E-state index is 13.7. The van der Waals surface area contributed by atoms with E-state index in [4.69, 9.17) is 23.2 Å². The van der Waals surface area contributed by atoms with Gasteiger partial charge in [-0.1, -0.05) is 64.5 Å². The van der Waals surface area contributed by atoms with Gasteiger partial charge in [0.05, 0.1) is 26.7 Å². The number of nitrogens with one attached hydrogen (secondary N) is 2. The number of anilines is 3. The molecule has 0 saturated heterocycles. The first-order valence-corrected chi connectivity index (χ1v) is 10.2. The second kappa shape index (κ2) is 8.88. The number of hydrogen-bond donors (Lipinski definition) is 2. The van der Waals surface area contributed by atoms with Crippen molar-refractivity contribution in [2.75, 3.05) is 10.6 Å². The quantitative estimate of drug-likeness (QED) is 0.468. The van der Waals surface area contributed by atoms with Gasteiger partial charge in [-0.2, -0.15) is 0 Å². The van der Waals surface area contributed by atoms with Crippen LogP contribution in [0, 0.1) is 5.82 Å². The van der Waals surface area contributed by atoms with Crippen molar-refractivity contribution in [3.8, 4) is 0 Å². The minimum absolute atomic E-state index is 0.247. The molecule has 3 aromatic rings. The number of rotatable bonds is 6. The van der Waals surface area contributed by atoms with Gasteiger partial charge < -0.3 is 10.6 Å². The number of amides is 1. The summed E-state index contributed by atoms with van der Waals surface area (Å²) in [5.74, 6) is -0.629. The van der Waals surface area contributed by atoms with E-state index >= 15 is 0 Å². The molecule has 1 heterocycles. The minimum Gasteiger partial charge on any atom is -0.328 e. The summed E-state index contributed by atoms with van der Waals surface area (Å²) in [5.41, 5.74) is 0.757. The van der Waals surface area contributed by atoms with E-state index in [0.717, 1.165) is 0 Å². The van der Waals surface area contributed by atoms with E-state index in [1.807, 2.05) is 0 Å². The largest absolute Gasteiger partial charge is 0.328 e. The lowest BCUT2D eigenvalue weighted by atomic mass is 10.3. The van der Waals surface area contributed by atoms with Crippen LogP contribution in [0.3, 0.4) is 0 Å². The Hall–Kier alpha value is -1.87. The Bertz CT molecular complexity index is 970. The zero-order chi connectivity index (χ0) is 19.4. The number of para-hydroxylation sites is 1. The molecule has 2 N–H and O–H groups in total. The Balaban J connectivity index is 1.62. The average Bonchev–Trinajstić information content (AvgIpc) is 3.08. The number of thioether (sulfide) groups is 1. The molecule has 0 aliphatic heterocycles. The van der Waals surface area contributed by atoms with E-state index in [1.165, 1.54) is 29.2 Å². The number of benzene rings is 2. The third kappa shape index (κ3) is 5.10. The number of carbonyl (C=O) groups is 1. The summed E-state index contributed by atoms with van der Waals surface area (Å²) in [6.07, 6.45) is 0. The molecular weight excluding hydrogens is 430 g/mol. The molecule has 3 rings (SSSR count). The van der Waals surface area contributed by atoms with Crippen LogP contribution in [0.15, 0.2) is 46.8 Å². The molecule has 1 atom stereocenters. The second-order valence-corrected chi connectivity index (χ2v) is 8.68. The Morgan fingerprint density at radius 2 is 1.89 bits per heavy atom. The Labute approximate surface area is 173 Å². The van der Waals surface area contributed by atoms with Crippen molar-refractivity contribution in [2.24, 2.45) is 0 Å². The van der Waals surface area contributed by atoms with Crippen LogP contribution in [-0.2, 0) is 4.79 Å². The average molecular weight is 443 g/mol. The molecule has 10 heteroatoms. The minimum atomic E-state index is -0.450. The number of aromatic nitrogens is 2. The van der Waals surface area contributed by atoms with Crippen LogP contribution in [-0.4, -0.2) is 21.4 Å². The van der Waals surface area contributed by atoms with Gasteiger partial charge in [-0.25, -0.2) is 4.39 Å². The number of carbonyl (C=O) groups excluding carboxylic acids is 1. The predicted octanol–water partition coefficient (Wildman–Crippen LogP) is 5.85. The van der Waals surface area contributed by atoms with Gasteiger partial charge in [0.25, 0.3) is 0 Å². The van der Waals surface area contributed by atoms with Gasteiger partial charge in [0, 0.05) is 0 Å². The Morgan fingerprint density at radius 1 is 1.15 bits per heavy atom. The lowest BCUT2D eigenvalue weighted by Crippen LogP contribution is -2.22. The van der Waals surface area contributed by atoms with Gasteiger partial charge in [0.1, 0.15) is 5.82 Å². The third-order valence-electron chi connectivity index (χ3n) is 3.38. The summed E-state index contributed by atoms with van der Waals surface area (Å²) in [6.45, 7) is 1.74. The molecule has 27 heavy (non-hydrogen) atoms. The molecular formula is C17H13Cl2FN4OS2. The smallest absolute Gasteiger partial charge is 0.237 e. The molecule has 0 fully saturated rings.